The molecule has 0 bridgehead atoms. The lowest BCUT2D eigenvalue weighted by Crippen LogP contribution is -2.46. The second-order valence-electron chi connectivity index (χ2n) is 8.18. The van der Waals surface area contributed by atoms with Gasteiger partial charge in [-0.15, -0.1) is 0 Å². The van der Waals surface area contributed by atoms with Gasteiger partial charge in [-0.25, -0.2) is 4.79 Å². The molecule has 9 nitrogen and oxygen atoms in total. The minimum Gasteiger partial charge on any atom is -0.408 e. The van der Waals surface area contributed by atoms with E-state index in [0.717, 1.165) is 34.2 Å². The highest BCUT2D eigenvalue weighted by atomic mass is 16.5. The topological polar surface area (TPSA) is 130 Å². The Kier molecular flexibility index (Phi) is 6.93. The van der Waals surface area contributed by atoms with Crippen LogP contribution in [0, 0.1) is 11.3 Å². The number of nitrogens with zero attached hydrogens (tertiary/aromatic N) is 2. The van der Waals surface area contributed by atoms with Crippen LogP contribution in [0.15, 0.2) is 51.7 Å². The van der Waals surface area contributed by atoms with Crippen molar-refractivity contribution < 1.29 is 19.1 Å². The van der Waals surface area contributed by atoms with Crippen LogP contribution in [0.2, 0.25) is 0 Å². The molecule has 1 aliphatic rings. The van der Waals surface area contributed by atoms with Crippen LogP contribution < -0.4 is 16.4 Å². The second kappa shape index (κ2) is 9.89. The smallest absolute Gasteiger partial charge is 0.408 e. The van der Waals surface area contributed by atoms with Crippen LogP contribution in [0.1, 0.15) is 12.0 Å². The molecule has 0 aliphatic carbocycles. The Labute approximate surface area is 198 Å². The summed E-state index contributed by atoms with van der Waals surface area (Å²) in [6.07, 6.45) is 0.551. The van der Waals surface area contributed by atoms with Crippen molar-refractivity contribution in [3.05, 3.63) is 58.6 Å². The Morgan fingerprint density at radius 3 is 2.74 bits per heavy atom. The van der Waals surface area contributed by atoms with E-state index in [-0.39, 0.29) is 17.0 Å². The van der Waals surface area contributed by atoms with E-state index in [1.165, 1.54) is 0 Å². The zero-order valence-corrected chi connectivity index (χ0v) is 18.4. The molecule has 2 atom stereocenters. The molecular weight excluding hydrogens is 434 g/mol. The Morgan fingerprint density at radius 1 is 1.29 bits per heavy atom. The molecule has 2 heterocycles. The van der Waals surface area contributed by atoms with Gasteiger partial charge < -0.3 is 24.9 Å². The predicted octanol–water partition coefficient (Wildman–Crippen LogP) is 0.0880. The third-order valence-electron chi connectivity index (χ3n) is 5.58. The number of fused-ring (bicyclic) bond motifs is 1. The number of carbonyl (C=O) groups is 1. The molecule has 170 valence electrons. The highest BCUT2D eigenvalue weighted by Gasteiger charge is 2.24. The van der Waals surface area contributed by atoms with E-state index in [4.69, 9.17) is 24.8 Å². The molecule has 3 N–H and O–H groups in total. The average Bonchev–Trinajstić information content (AvgIpc) is 2.96. The van der Waals surface area contributed by atoms with Crippen LogP contribution in [0.4, 0.5) is 0 Å². The van der Waals surface area contributed by atoms with Crippen LogP contribution in [0.25, 0.3) is 22.2 Å². The maximum atomic E-state index is 12.5. The Balaban J connectivity index is 1.48. The maximum absolute atomic E-state index is 12.5. The minimum absolute atomic E-state index is 0.236. The summed E-state index contributed by atoms with van der Waals surface area (Å²) in [5.41, 5.74) is 0.496. The van der Waals surface area contributed by atoms with Crippen LogP contribution in [0.5, 0.6) is 0 Å². The van der Waals surface area contributed by atoms with Gasteiger partial charge in [0.05, 0.1) is 17.1 Å². The highest BCUT2D eigenvalue weighted by Crippen LogP contribution is 2.26. The lowest BCUT2D eigenvalue weighted by molar-refractivity contribution is -0.132. The molecule has 2 aromatic carbocycles. The first kappa shape index (κ1) is 23.8. The van der Waals surface area contributed by atoms with Crippen molar-refractivity contribution in [3.8, 4) is 17.2 Å². The van der Waals surface area contributed by atoms with E-state index >= 15 is 0 Å². The molecule has 1 saturated heterocycles. The van der Waals surface area contributed by atoms with Gasteiger partial charge in [0.25, 0.3) is 5.91 Å². The van der Waals surface area contributed by atoms with Crippen molar-refractivity contribution in [2.45, 2.75) is 30.5 Å². The Hall–Kier alpha value is -3.32. The molecule has 1 aromatic heterocycles. The van der Waals surface area contributed by atoms with Gasteiger partial charge >= 0.3 is 5.76 Å². The third kappa shape index (κ3) is 5.25. The molecule has 11 heteroatoms. The summed E-state index contributed by atoms with van der Waals surface area (Å²) in [4.78, 5) is 24.5. The van der Waals surface area contributed by atoms with Gasteiger partial charge in [-0.05, 0) is 41.8 Å². The second-order valence-corrected chi connectivity index (χ2v) is 8.18. The minimum atomic E-state index is -2.40. The van der Waals surface area contributed by atoms with Gasteiger partial charge in [-0.3, -0.25) is 9.36 Å². The molecule has 3 aromatic rings. The number of amides is 1. The molecule has 1 aliphatic heterocycles. The van der Waals surface area contributed by atoms with E-state index in [2.05, 4.69) is 16.7 Å². The number of carbonyl (C=O) groups excluding carboxylic acids is 1. The summed E-state index contributed by atoms with van der Waals surface area (Å²) in [6, 6.07) is 13.8. The van der Waals surface area contributed by atoms with Gasteiger partial charge in [-0.1, -0.05) is 30.3 Å². The molecule has 0 spiro atoms. The van der Waals surface area contributed by atoms with Gasteiger partial charge in [0, 0.05) is 19.6 Å². The van der Waals surface area contributed by atoms with Crippen LogP contribution in [0.3, 0.4) is 0 Å². The number of oxazole rings is 1. The number of nitriles is 1. The molecule has 1 amide bonds. The lowest BCUT2D eigenvalue weighted by Gasteiger charge is -2.19. The van der Waals surface area contributed by atoms with Crippen molar-refractivity contribution in [2.24, 2.45) is 0 Å². The predicted molar refractivity (Wildman–Crippen MR) is 126 cm³/mol. The number of benzene rings is 2. The Morgan fingerprint density at radius 2 is 2.03 bits per heavy atom. The number of nitrogens with one attached hydrogen (secondary N) is 2. The number of hydrogen-bond donors (Lipinski definition) is 3. The van der Waals surface area contributed by atoms with Crippen molar-refractivity contribution in [2.75, 3.05) is 19.7 Å². The summed E-state index contributed by atoms with van der Waals surface area (Å²) >= 11 is 0. The molecule has 0 saturated carbocycles. The van der Waals surface area contributed by atoms with Gasteiger partial charge in [0.15, 0.2) is 5.58 Å². The zero-order valence-electron chi connectivity index (χ0n) is 18.4. The summed E-state index contributed by atoms with van der Waals surface area (Å²) in [5, 5.41) is 25.3. The van der Waals surface area contributed by atoms with Gasteiger partial charge in [0.2, 0.25) is 0 Å². The van der Waals surface area contributed by atoms with E-state index < -0.39 is 23.4 Å². The molecule has 4 radical (unpaired) electrons. The first-order valence-electron chi connectivity index (χ1n) is 10.8. The van der Waals surface area contributed by atoms with E-state index in [1.54, 1.807) is 18.2 Å². The van der Waals surface area contributed by atoms with Gasteiger partial charge in [0.1, 0.15) is 27.8 Å². The fourth-order valence-electron chi connectivity index (χ4n) is 3.88. The van der Waals surface area contributed by atoms with Crippen LogP contribution in [-0.2, 0) is 21.5 Å². The highest BCUT2D eigenvalue weighted by molar-refractivity contribution is 6.36. The number of aliphatic hydroxyl groups is 1. The van der Waals surface area contributed by atoms with Crippen LogP contribution in [-0.4, -0.2) is 63.1 Å². The molecule has 4 rings (SSSR count). The largest absolute Gasteiger partial charge is 0.420 e. The Bertz CT molecular complexity index is 1270. The number of hydrogen-bond acceptors (Lipinski definition) is 7. The number of rotatable bonds is 6. The molecule has 34 heavy (non-hydrogen) atoms. The van der Waals surface area contributed by atoms with Crippen LogP contribution >= 0.6 is 0 Å². The molecule has 1 fully saturated rings. The summed E-state index contributed by atoms with van der Waals surface area (Å²) in [6.45, 7) is 1.71. The SMILES string of the molecule is [B]C([B])(O)n1c(=O)oc2ccc(-c3ccc(CC(C#N)NC(=O)C4CNCCCO4)cc3)cc21. The standard InChI is InChI=1S/C23H22B2N4O5/c24-23(25,32)29-18-11-16(6-7-19(18)34-22(29)31)15-4-2-14(3-5-15)10-17(12-26)28-21(30)20-13-27-8-1-9-33-20/h2-7,11,17,20,27,32H,1,8-10,13H2,(H,28,30). The van der Waals surface area contributed by atoms with Crippen molar-refractivity contribution >= 4 is 32.7 Å². The van der Waals surface area contributed by atoms with E-state index in [9.17, 15) is 20.0 Å². The molecule has 2 unspecified atom stereocenters. The monoisotopic (exact) mass is 456 g/mol. The summed E-state index contributed by atoms with van der Waals surface area (Å²) in [5.74, 6) is -1.18. The fraction of sp³-hybridized carbons (Fsp3) is 0.348. The molecular formula is C23H22B2N4O5. The van der Waals surface area contributed by atoms with Crippen molar-refractivity contribution in [3.63, 3.8) is 0 Å². The first-order valence-corrected chi connectivity index (χ1v) is 10.8. The fourth-order valence-corrected chi connectivity index (χ4v) is 3.88. The number of ether oxygens (including phenoxy) is 1. The quantitative estimate of drug-likeness (QED) is 0.449. The van der Waals surface area contributed by atoms with E-state index in [1.807, 2.05) is 24.3 Å². The summed E-state index contributed by atoms with van der Waals surface area (Å²) in [7, 11) is 11.0. The van der Waals surface area contributed by atoms with Crippen molar-refractivity contribution in [1.29, 1.82) is 5.26 Å². The maximum Gasteiger partial charge on any atom is 0.420 e. The lowest BCUT2D eigenvalue weighted by atomic mass is 9.73. The normalized spacial score (nSPS) is 17.6. The first-order chi connectivity index (χ1) is 16.3. The van der Waals surface area contributed by atoms with Gasteiger partial charge in [-0.2, -0.15) is 5.26 Å². The van der Waals surface area contributed by atoms with Crippen molar-refractivity contribution in [1.82, 2.24) is 15.2 Å². The summed E-state index contributed by atoms with van der Waals surface area (Å²) < 4.78 is 11.4. The average molecular weight is 456 g/mol. The zero-order chi connectivity index (χ0) is 24.3. The van der Waals surface area contributed by atoms with E-state index in [0.29, 0.717) is 19.6 Å². The number of aromatic nitrogens is 1. The third-order valence-corrected chi connectivity index (χ3v) is 5.58.